The van der Waals surface area contributed by atoms with Gasteiger partial charge < -0.3 is 24.1 Å². The van der Waals surface area contributed by atoms with Gasteiger partial charge in [-0.25, -0.2) is 4.98 Å². The number of nitrogens with zero attached hydrogens (tertiary/aromatic N) is 3. The molecule has 1 fully saturated rings. The molecular weight excluding hydrogens is 380 g/mol. The number of anilines is 1. The van der Waals surface area contributed by atoms with Gasteiger partial charge in [-0.3, -0.25) is 4.79 Å². The number of pyridine rings is 1. The smallest absolute Gasteiger partial charge is 0.255 e. The predicted molar refractivity (Wildman–Crippen MR) is 114 cm³/mol. The normalized spacial score (nSPS) is 18.7. The largest absolute Gasteiger partial charge is 0.493 e. The summed E-state index contributed by atoms with van der Waals surface area (Å²) in [5, 5.41) is 3.67. The second-order valence-corrected chi connectivity index (χ2v) is 7.98. The fraction of sp³-hybridized carbons (Fsp3) is 0.391. The molecule has 2 aliphatic rings. The number of carbonyl (C=O) groups excluding carboxylic acids is 1. The minimum Gasteiger partial charge on any atom is -0.493 e. The fourth-order valence-corrected chi connectivity index (χ4v) is 4.38. The molecule has 0 spiro atoms. The molecule has 3 aromatic rings. The van der Waals surface area contributed by atoms with Gasteiger partial charge in [0, 0.05) is 37.5 Å². The number of benzene rings is 1. The van der Waals surface area contributed by atoms with Crippen LogP contribution in [0.2, 0.25) is 0 Å². The van der Waals surface area contributed by atoms with Crippen molar-refractivity contribution in [3.63, 3.8) is 0 Å². The van der Waals surface area contributed by atoms with E-state index < -0.39 is 0 Å². The summed E-state index contributed by atoms with van der Waals surface area (Å²) in [7, 11) is 0. The molecule has 7 heteroatoms. The standard InChI is InChI=1S/C23H26N4O3/c1-15-4-3-5-20-21(15)18(6-9-30-20)25-19-12-17(14-27-13-16(2)24-22(19)27)23(28)26-7-10-29-11-8-26/h3-5,12-14,18,25H,6-11H2,1-2H3. The Hall–Kier alpha value is -3.06. The highest BCUT2D eigenvalue weighted by molar-refractivity contribution is 5.96. The molecule has 2 aromatic heterocycles. The first-order valence-corrected chi connectivity index (χ1v) is 10.5. The highest BCUT2D eigenvalue weighted by Crippen LogP contribution is 2.37. The van der Waals surface area contributed by atoms with E-state index in [0.717, 1.165) is 29.2 Å². The SMILES string of the molecule is Cc1cn2cc(C(=O)N3CCOCC3)cc(NC3CCOc4cccc(C)c43)c2n1. The molecule has 0 bridgehead atoms. The third-order valence-electron chi connectivity index (χ3n) is 5.84. The molecule has 2 aliphatic heterocycles. The van der Waals surface area contributed by atoms with E-state index in [1.54, 1.807) is 0 Å². The lowest BCUT2D eigenvalue weighted by Crippen LogP contribution is -2.40. The Kier molecular flexibility index (Phi) is 4.83. The Morgan fingerprint density at radius 2 is 2.00 bits per heavy atom. The summed E-state index contributed by atoms with van der Waals surface area (Å²) in [4.78, 5) is 19.7. The fourth-order valence-electron chi connectivity index (χ4n) is 4.38. The average molecular weight is 406 g/mol. The first-order chi connectivity index (χ1) is 14.6. The number of aromatic nitrogens is 2. The Morgan fingerprint density at radius 3 is 2.83 bits per heavy atom. The van der Waals surface area contributed by atoms with Crippen LogP contribution in [-0.2, 0) is 4.74 Å². The highest BCUT2D eigenvalue weighted by atomic mass is 16.5. The molecule has 30 heavy (non-hydrogen) atoms. The van der Waals surface area contributed by atoms with Crippen LogP contribution in [-0.4, -0.2) is 53.1 Å². The van der Waals surface area contributed by atoms with Gasteiger partial charge in [0.05, 0.1) is 42.8 Å². The van der Waals surface area contributed by atoms with Crippen molar-refractivity contribution in [2.45, 2.75) is 26.3 Å². The molecule has 5 rings (SSSR count). The minimum absolute atomic E-state index is 0.0261. The molecule has 1 aromatic carbocycles. The monoisotopic (exact) mass is 406 g/mol. The summed E-state index contributed by atoms with van der Waals surface area (Å²) in [6.45, 7) is 7.14. The van der Waals surface area contributed by atoms with Crippen molar-refractivity contribution in [1.29, 1.82) is 0 Å². The van der Waals surface area contributed by atoms with E-state index in [1.165, 1.54) is 11.1 Å². The molecule has 1 N–H and O–H groups in total. The zero-order valence-corrected chi connectivity index (χ0v) is 17.4. The Balaban J connectivity index is 1.54. The van der Waals surface area contributed by atoms with Gasteiger partial charge in [0.1, 0.15) is 5.75 Å². The van der Waals surface area contributed by atoms with Crippen LogP contribution >= 0.6 is 0 Å². The molecule has 4 heterocycles. The van der Waals surface area contributed by atoms with Crippen LogP contribution in [0.3, 0.4) is 0 Å². The van der Waals surface area contributed by atoms with Crippen LogP contribution in [0.15, 0.2) is 36.7 Å². The first-order valence-electron chi connectivity index (χ1n) is 10.5. The summed E-state index contributed by atoms with van der Waals surface area (Å²) in [5.41, 5.74) is 5.63. The van der Waals surface area contributed by atoms with Crippen molar-refractivity contribution in [1.82, 2.24) is 14.3 Å². The van der Waals surface area contributed by atoms with Crippen LogP contribution < -0.4 is 10.1 Å². The van der Waals surface area contributed by atoms with Crippen LogP contribution in [0.4, 0.5) is 5.69 Å². The van der Waals surface area contributed by atoms with E-state index in [4.69, 9.17) is 14.5 Å². The maximum atomic E-state index is 13.1. The quantitative estimate of drug-likeness (QED) is 0.722. The zero-order chi connectivity index (χ0) is 20.7. The Morgan fingerprint density at radius 1 is 1.17 bits per heavy atom. The van der Waals surface area contributed by atoms with Crippen LogP contribution in [0.5, 0.6) is 5.75 Å². The van der Waals surface area contributed by atoms with E-state index in [2.05, 4.69) is 18.3 Å². The molecule has 1 amide bonds. The Labute approximate surface area is 175 Å². The maximum Gasteiger partial charge on any atom is 0.255 e. The van der Waals surface area contributed by atoms with E-state index in [0.29, 0.717) is 38.5 Å². The number of aryl methyl sites for hydroxylation is 2. The molecule has 1 saturated heterocycles. The predicted octanol–water partition coefficient (Wildman–Crippen LogP) is 3.36. The van der Waals surface area contributed by atoms with Crippen molar-refractivity contribution in [3.05, 3.63) is 59.0 Å². The number of amides is 1. The van der Waals surface area contributed by atoms with Gasteiger partial charge in [0.25, 0.3) is 5.91 Å². The van der Waals surface area contributed by atoms with Gasteiger partial charge in [0.15, 0.2) is 5.65 Å². The topological polar surface area (TPSA) is 68.1 Å². The zero-order valence-electron chi connectivity index (χ0n) is 17.4. The molecule has 7 nitrogen and oxygen atoms in total. The third-order valence-corrected chi connectivity index (χ3v) is 5.84. The number of ether oxygens (including phenoxy) is 2. The van der Waals surface area contributed by atoms with Crippen molar-refractivity contribution in [2.75, 3.05) is 38.2 Å². The number of hydrogen-bond donors (Lipinski definition) is 1. The van der Waals surface area contributed by atoms with Gasteiger partial charge in [0.2, 0.25) is 0 Å². The number of carbonyl (C=O) groups is 1. The summed E-state index contributed by atoms with van der Waals surface area (Å²) >= 11 is 0. The molecule has 0 saturated carbocycles. The van der Waals surface area contributed by atoms with Crippen molar-refractivity contribution < 1.29 is 14.3 Å². The van der Waals surface area contributed by atoms with E-state index in [1.807, 2.05) is 46.8 Å². The third kappa shape index (κ3) is 3.39. The molecule has 0 aliphatic carbocycles. The van der Waals surface area contributed by atoms with Crippen LogP contribution in [0.1, 0.15) is 39.6 Å². The Bertz CT molecular complexity index is 1100. The summed E-state index contributed by atoms with van der Waals surface area (Å²) < 4.78 is 13.2. The maximum absolute atomic E-state index is 13.1. The first kappa shape index (κ1) is 18.9. The van der Waals surface area contributed by atoms with E-state index >= 15 is 0 Å². The lowest BCUT2D eigenvalue weighted by atomic mass is 9.95. The lowest BCUT2D eigenvalue weighted by Gasteiger charge is -2.30. The average Bonchev–Trinajstić information content (AvgIpc) is 3.14. The molecule has 1 atom stereocenters. The summed E-state index contributed by atoms with van der Waals surface area (Å²) in [5.74, 6) is 0.952. The number of imidazole rings is 1. The number of rotatable bonds is 3. The summed E-state index contributed by atoms with van der Waals surface area (Å²) in [6.07, 6.45) is 4.69. The molecule has 1 unspecified atom stereocenters. The van der Waals surface area contributed by atoms with Gasteiger partial charge >= 0.3 is 0 Å². The number of morpholine rings is 1. The van der Waals surface area contributed by atoms with Crippen LogP contribution in [0.25, 0.3) is 5.65 Å². The highest BCUT2D eigenvalue weighted by Gasteiger charge is 2.25. The summed E-state index contributed by atoms with van der Waals surface area (Å²) in [6, 6.07) is 8.19. The van der Waals surface area contributed by atoms with Gasteiger partial charge in [-0.2, -0.15) is 0 Å². The molecular formula is C23H26N4O3. The lowest BCUT2D eigenvalue weighted by molar-refractivity contribution is 0.0302. The number of nitrogens with one attached hydrogen (secondary N) is 1. The van der Waals surface area contributed by atoms with Crippen molar-refractivity contribution >= 4 is 17.2 Å². The van der Waals surface area contributed by atoms with Gasteiger partial charge in [-0.15, -0.1) is 0 Å². The second-order valence-electron chi connectivity index (χ2n) is 7.98. The van der Waals surface area contributed by atoms with Crippen molar-refractivity contribution in [2.24, 2.45) is 0 Å². The van der Waals surface area contributed by atoms with E-state index in [9.17, 15) is 4.79 Å². The van der Waals surface area contributed by atoms with Crippen molar-refractivity contribution in [3.8, 4) is 5.75 Å². The van der Waals surface area contributed by atoms with Gasteiger partial charge in [-0.05, 0) is 31.5 Å². The number of hydrogen-bond acceptors (Lipinski definition) is 5. The second kappa shape index (κ2) is 7.65. The van der Waals surface area contributed by atoms with E-state index in [-0.39, 0.29) is 11.9 Å². The molecule has 156 valence electrons. The van der Waals surface area contributed by atoms with Gasteiger partial charge in [-0.1, -0.05) is 12.1 Å². The number of fused-ring (bicyclic) bond motifs is 2. The van der Waals surface area contributed by atoms with Crippen LogP contribution in [0, 0.1) is 13.8 Å². The minimum atomic E-state index is 0.0261. The molecule has 0 radical (unpaired) electrons.